The molecule has 0 unspecified atom stereocenters. The van der Waals surface area contributed by atoms with E-state index in [1.54, 1.807) is 14.2 Å². The van der Waals surface area contributed by atoms with Crippen molar-refractivity contribution in [3.63, 3.8) is 0 Å². The first-order valence-corrected chi connectivity index (χ1v) is 7.89. The van der Waals surface area contributed by atoms with Crippen LogP contribution in [-0.2, 0) is 16.0 Å². The first kappa shape index (κ1) is 19.8. The Labute approximate surface area is 143 Å². The predicted octanol–water partition coefficient (Wildman–Crippen LogP) is 0.430. The topological polar surface area (TPSA) is 79.9 Å². The fourth-order valence-electron chi connectivity index (χ4n) is 2.11. The van der Waals surface area contributed by atoms with Gasteiger partial charge in [-0.15, -0.1) is 0 Å². The van der Waals surface area contributed by atoms with Crippen LogP contribution in [-0.4, -0.2) is 64.7 Å². The number of carbonyl (C=O) groups excluding carboxylic acids is 2. The fourth-order valence-corrected chi connectivity index (χ4v) is 2.11. The average molecular weight is 337 g/mol. The summed E-state index contributed by atoms with van der Waals surface area (Å²) in [6, 6.07) is 5.56. The first-order chi connectivity index (χ1) is 11.5. The second kappa shape index (κ2) is 10.5. The van der Waals surface area contributed by atoms with Crippen molar-refractivity contribution in [3.05, 3.63) is 23.8 Å². The maximum Gasteiger partial charge on any atom is 0.309 e. The zero-order valence-corrected chi connectivity index (χ0v) is 14.8. The number of benzene rings is 1. The number of rotatable bonds is 9. The summed E-state index contributed by atoms with van der Waals surface area (Å²) < 4.78 is 10.4. The molecule has 0 spiro atoms. The molecule has 1 aromatic rings. The van der Waals surface area contributed by atoms with E-state index in [2.05, 4.69) is 10.6 Å². The van der Waals surface area contributed by atoms with Crippen LogP contribution < -0.4 is 20.1 Å². The molecular weight excluding hydrogens is 310 g/mol. The van der Waals surface area contributed by atoms with Gasteiger partial charge in [-0.2, -0.15) is 0 Å². The van der Waals surface area contributed by atoms with Gasteiger partial charge in [0.25, 0.3) is 0 Å². The number of hydrogen-bond donors (Lipinski definition) is 2. The van der Waals surface area contributed by atoms with E-state index in [9.17, 15) is 9.59 Å². The second-order valence-electron chi connectivity index (χ2n) is 5.61. The highest BCUT2D eigenvalue weighted by atomic mass is 16.5. The van der Waals surface area contributed by atoms with Crippen LogP contribution >= 0.6 is 0 Å². The van der Waals surface area contributed by atoms with E-state index in [1.165, 1.54) is 0 Å². The lowest BCUT2D eigenvalue weighted by Crippen LogP contribution is -2.41. The van der Waals surface area contributed by atoms with Crippen LogP contribution in [0.5, 0.6) is 11.5 Å². The Bertz CT molecular complexity index is 547. The normalized spacial score (nSPS) is 10.4. The van der Waals surface area contributed by atoms with Gasteiger partial charge in [-0.1, -0.05) is 6.07 Å². The minimum absolute atomic E-state index is 0.374. The first-order valence-electron chi connectivity index (χ1n) is 7.89. The van der Waals surface area contributed by atoms with Crippen molar-refractivity contribution >= 4 is 11.8 Å². The highest BCUT2D eigenvalue weighted by molar-refractivity contribution is 6.35. The molecule has 24 heavy (non-hydrogen) atoms. The van der Waals surface area contributed by atoms with E-state index in [0.717, 1.165) is 18.5 Å². The third-order valence-corrected chi connectivity index (χ3v) is 3.42. The van der Waals surface area contributed by atoms with Crippen molar-refractivity contribution < 1.29 is 19.1 Å². The van der Waals surface area contributed by atoms with Crippen molar-refractivity contribution in [3.8, 4) is 11.5 Å². The predicted molar refractivity (Wildman–Crippen MR) is 92.4 cm³/mol. The van der Waals surface area contributed by atoms with E-state index in [4.69, 9.17) is 9.47 Å². The molecule has 134 valence electrons. The molecule has 0 aromatic heterocycles. The molecule has 7 nitrogen and oxygen atoms in total. The summed E-state index contributed by atoms with van der Waals surface area (Å²) in [6.45, 7) is 1.72. The second-order valence-corrected chi connectivity index (χ2v) is 5.61. The van der Waals surface area contributed by atoms with E-state index >= 15 is 0 Å². The number of methoxy groups -OCH3 is 2. The Kier molecular flexibility index (Phi) is 8.64. The smallest absolute Gasteiger partial charge is 0.309 e. The van der Waals surface area contributed by atoms with Crippen LogP contribution in [0.2, 0.25) is 0 Å². The molecule has 1 rings (SSSR count). The molecule has 0 saturated carbocycles. The lowest BCUT2D eigenvalue weighted by Gasteiger charge is -2.11. The third-order valence-electron chi connectivity index (χ3n) is 3.42. The number of nitrogens with zero attached hydrogens (tertiary/aromatic N) is 1. The minimum atomic E-state index is -0.611. The standard InChI is InChI=1S/C17H27N3O4/c1-20(2)11-5-9-18-16(21)17(22)19-10-8-13-6-7-14(23-3)15(12-13)24-4/h6-7,12H,5,8-11H2,1-4H3,(H,18,21)(H,19,22). The van der Waals surface area contributed by atoms with Gasteiger partial charge >= 0.3 is 11.8 Å². The van der Waals surface area contributed by atoms with Crippen LogP contribution in [0, 0.1) is 0 Å². The van der Waals surface area contributed by atoms with Crippen LogP contribution in [0.3, 0.4) is 0 Å². The largest absolute Gasteiger partial charge is 0.493 e. The van der Waals surface area contributed by atoms with Crippen molar-refractivity contribution in [2.75, 3.05) is 47.9 Å². The molecule has 0 atom stereocenters. The van der Waals surface area contributed by atoms with Gasteiger partial charge in [0.2, 0.25) is 0 Å². The Hall–Kier alpha value is -2.28. The molecule has 0 bridgehead atoms. The number of amides is 2. The van der Waals surface area contributed by atoms with Crippen LogP contribution in [0.4, 0.5) is 0 Å². The van der Waals surface area contributed by atoms with Gasteiger partial charge in [-0.3, -0.25) is 9.59 Å². The van der Waals surface area contributed by atoms with Crippen LogP contribution in [0.1, 0.15) is 12.0 Å². The molecule has 0 fully saturated rings. The van der Waals surface area contributed by atoms with Gasteiger partial charge < -0.3 is 25.0 Å². The lowest BCUT2D eigenvalue weighted by molar-refractivity contribution is -0.139. The quantitative estimate of drug-likeness (QED) is 0.505. The minimum Gasteiger partial charge on any atom is -0.493 e. The van der Waals surface area contributed by atoms with Crippen molar-refractivity contribution in [1.82, 2.24) is 15.5 Å². The Morgan fingerprint density at radius 1 is 1.00 bits per heavy atom. The maximum atomic E-state index is 11.7. The molecule has 0 heterocycles. The van der Waals surface area contributed by atoms with Crippen molar-refractivity contribution in [1.29, 1.82) is 0 Å². The Morgan fingerprint density at radius 2 is 1.62 bits per heavy atom. The van der Waals surface area contributed by atoms with Crippen molar-refractivity contribution in [2.45, 2.75) is 12.8 Å². The fraction of sp³-hybridized carbons (Fsp3) is 0.529. The number of ether oxygens (including phenoxy) is 2. The zero-order valence-electron chi connectivity index (χ0n) is 14.8. The van der Waals surface area contributed by atoms with Gasteiger partial charge in [0.1, 0.15) is 0 Å². The van der Waals surface area contributed by atoms with E-state index < -0.39 is 11.8 Å². The SMILES string of the molecule is COc1ccc(CCNC(=O)C(=O)NCCCN(C)C)cc1OC. The summed E-state index contributed by atoms with van der Waals surface area (Å²) in [6.07, 6.45) is 1.40. The molecule has 2 amide bonds. The molecule has 1 aromatic carbocycles. The van der Waals surface area contributed by atoms with E-state index in [0.29, 0.717) is 31.0 Å². The molecule has 0 aliphatic rings. The summed E-state index contributed by atoms with van der Waals surface area (Å²) in [5.41, 5.74) is 0.986. The highest BCUT2D eigenvalue weighted by Gasteiger charge is 2.12. The van der Waals surface area contributed by atoms with Gasteiger partial charge in [0.15, 0.2) is 11.5 Å². The zero-order chi connectivity index (χ0) is 17.9. The molecule has 7 heteroatoms. The van der Waals surface area contributed by atoms with E-state index in [-0.39, 0.29) is 0 Å². The number of nitrogens with one attached hydrogen (secondary N) is 2. The number of carbonyl (C=O) groups is 2. The van der Waals surface area contributed by atoms with Gasteiger partial charge in [0.05, 0.1) is 14.2 Å². The summed E-state index contributed by atoms with van der Waals surface area (Å²) in [7, 11) is 7.07. The molecule has 0 aliphatic carbocycles. The van der Waals surface area contributed by atoms with Gasteiger partial charge in [-0.05, 0) is 51.2 Å². The van der Waals surface area contributed by atoms with Gasteiger partial charge in [-0.25, -0.2) is 0 Å². The average Bonchev–Trinajstić information content (AvgIpc) is 2.57. The van der Waals surface area contributed by atoms with Crippen molar-refractivity contribution in [2.24, 2.45) is 0 Å². The van der Waals surface area contributed by atoms with Gasteiger partial charge in [0, 0.05) is 13.1 Å². The maximum absolute atomic E-state index is 11.7. The molecule has 0 aliphatic heterocycles. The molecule has 0 saturated heterocycles. The number of hydrogen-bond acceptors (Lipinski definition) is 5. The van der Waals surface area contributed by atoms with Crippen LogP contribution in [0.15, 0.2) is 18.2 Å². The molecule has 0 radical (unpaired) electrons. The summed E-state index contributed by atoms with van der Waals surface area (Å²) >= 11 is 0. The Balaban J connectivity index is 2.33. The lowest BCUT2D eigenvalue weighted by atomic mass is 10.1. The Morgan fingerprint density at radius 3 is 2.21 bits per heavy atom. The monoisotopic (exact) mass is 337 g/mol. The van der Waals surface area contributed by atoms with E-state index in [1.807, 2.05) is 37.2 Å². The highest BCUT2D eigenvalue weighted by Crippen LogP contribution is 2.27. The summed E-state index contributed by atoms with van der Waals surface area (Å²) in [5.74, 6) is 0.0868. The molecular formula is C17H27N3O4. The van der Waals surface area contributed by atoms with Crippen LogP contribution in [0.25, 0.3) is 0 Å². The molecule has 2 N–H and O–H groups in total. The third kappa shape index (κ3) is 6.87. The summed E-state index contributed by atoms with van der Waals surface area (Å²) in [5, 5.41) is 5.22. The summed E-state index contributed by atoms with van der Waals surface area (Å²) in [4.78, 5) is 25.4.